The van der Waals surface area contributed by atoms with Crippen molar-refractivity contribution in [3.8, 4) is 0 Å². The summed E-state index contributed by atoms with van der Waals surface area (Å²) < 4.78 is 27.6. The smallest absolute Gasteiger partial charge is 0.211 e. The maximum Gasteiger partial charge on any atom is 0.240 e. The van der Waals surface area contributed by atoms with E-state index in [0.29, 0.717) is 11.4 Å². The van der Waals surface area contributed by atoms with Crippen LogP contribution in [0.5, 0.6) is 0 Å². The molecule has 0 radical (unpaired) electrons. The van der Waals surface area contributed by atoms with Crippen LogP contribution in [0.15, 0.2) is 27.6 Å². The summed E-state index contributed by atoms with van der Waals surface area (Å²) in [6, 6.07) is 5.09. The van der Waals surface area contributed by atoms with Crippen molar-refractivity contribution >= 4 is 26.0 Å². The molecule has 1 aromatic carbocycles. The fourth-order valence-electron chi connectivity index (χ4n) is 1.87. The van der Waals surface area contributed by atoms with Gasteiger partial charge in [-0.25, -0.2) is 13.1 Å². The Balaban J connectivity index is 1.93. The van der Waals surface area contributed by atoms with Gasteiger partial charge in [0.2, 0.25) is 10.0 Å². The van der Waals surface area contributed by atoms with Gasteiger partial charge >= 0.3 is 0 Å². The number of halogens is 1. The van der Waals surface area contributed by atoms with Crippen LogP contribution in [0.4, 0.5) is 0 Å². The van der Waals surface area contributed by atoms with Gasteiger partial charge in [0.05, 0.1) is 4.90 Å². The Bertz CT molecular complexity index is 524. The Morgan fingerprint density at radius 1 is 1.39 bits per heavy atom. The summed E-state index contributed by atoms with van der Waals surface area (Å²) in [7, 11) is -3.35. The summed E-state index contributed by atoms with van der Waals surface area (Å²) in [5.74, 6) is 0.851. The van der Waals surface area contributed by atoms with Crippen molar-refractivity contribution in [1.29, 1.82) is 0 Å². The maximum atomic E-state index is 12.0. The van der Waals surface area contributed by atoms with E-state index in [9.17, 15) is 8.42 Å². The lowest BCUT2D eigenvalue weighted by molar-refractivity contribution is 0.572. The average Bonchev–Trinajstić information content (AvgIpc) is 3.12. The van der Waals surface area contributed by atoms with E-state index < -0.39 is 10.0 Å². The summed E-state index contributed by atoms with van der Waals surface area (Å²) in [5.41, 5.74) is 0.927. The first-order valence-electron chi connectivity index (χ1n) is 6.25. The number of hydrogen-bond donors (Lipinski definition) is 1. The number of aryl methyl sites for hydroxylation is 1. The minimum absolute atomic E-state index is 0.342. The Morgan fingerprint density at radius 3 is 2.72 bits per heavy atom. The Kier molecular flexibility index (Phi) is 4.45. The lowest BCUT2D eigenvalue weighted by atomic mass is 10.2. The van der Waals surface area contributed by atoms with Crippen LogP contribution in [0.1, 0.15) is 31.2 Å². The van der Waals surface area contributed by atoms with E-state index in [4.69, 9.17) is 0 Å². The van der Waals surface area contributed by atoms with Crippen molar-refractivity contribution < 1.29 is 8.42 Å². The molecule has 0 amide bonds. The van der Waals surface area contributed by atoms with Gasteiger partial charge in [-0.3, -0.25) is 0 Å². The summed E-state index contributed by atoms with van der Waals surface area (Å²) in [5, 5.41) is 0. The molecule has 1 fully saturated rings. The minimum Gasteiger partial charge on any atom is -0.211 e. The molecule has 0 aliphatic heterocycles. The molecule has 2 rings (SSSR count). The molecule has 100 valence electrons. The molecular weight excluding hydrogens is 314 g/mol. The molecule has 0 spiro atoms. The number of hydrogen-bond acceptors (Lipinski definition) is 2. The monoisotopic (exact) mass is 331 g/mol. The third kappa shape index (κ3) is 3.80. The third-order valence-electron chi connectivity index (χ3n) is 3.22. The molecule has 0 heterocycles. The lowest BCUT2D eigenvalue weighted by Crippen LogP contribution is -2.24. The van der Waals surface area contributed by atoms with E-state index >= 15 is 0 Å². The van der Waals surface area contributed by atoms with Crippen LogP contribution < -0.4 is 4.72 Å². The van der Waals surface area contributed by atoms with E-state index in [2.05, 4.69) is 20.7 Å². The molecule has 0 bridgehead atoms. The van der Waals surface area contributed by atoms with Gasteiger partial charge in [-0.15, -0.1) is 0 Å². The van der Waals surface area contributed by atoms with Crippen molar-refractivity contribution in [1.82, 2.24) is 4.72 Å². The average molecular weight is 332 g/mol. The molecular formula is C13H18BrNO2S. The third-order valence-corrected chi connectivity index (χ3v) is 5.57. The zero-order chi connectivity index (χ0) is 13.2. The SMILES string of the molecule is Cc1cc(S(=O)(=O)NCCCC2CC2)ccc1Br. The normalized spacial score (nSPS) is 15.9. The standard InChI is InChI=1S/C13H18BrNO2S/c1-10-9-12(6-7-13(10)14)18(16,17)15-8-2-3-11-4-5-11/h6-7,9,11,15H,2-5,8H2,1H3. The predicted molar refractivity (Wildman–Crippen MR) is 76.0 cm³/mol. The number of benzene rings is 1. The van der Waals surface area contributed by atoms with E-state index in [0.717, 1.165) is 28.8 Å². The van der Waals surface area contributed by atoms with Crippen LogP contribution in [0.25, 0.3) is 0 Å². The summed E-state index contributed by atoms with van der Waals surface area (Å²) in [6.45, 7) is 2.42. The molecule has 3 nitrogen and oxygen atoms in total. The molecule has 1 aliphatic carbocycles. The molecule has 0 aromatic heterocycles. The van der Waals surface area contributed by atoms with Gasteiger partial charge in [0, 0.05) is 11.0 Å². The van der Waals surface area contributed by atoms with Gasteiger partial charge in [0.1, 0.15) is 0 Å². The molecule has 1 aromatic rings. The minimum atomic E-state index is -3.35. The summed E-state index contributed by atoms with van der Waals surface area (Å²) in [6.07, 6.45) is 4.71. The molecule has 1 N–H and O–H groups in total. The molecule has 5 heteroatoms. The molecule has 1 saturated carbocycles. The van der Waals surface area contributed by atoms with Crippen molar-refractivity contribution in [2.45, 2.75) is 37.5 Å². The van der Waals surface area contributed by atoms with Crippen molar-refractivity contribution in [3.05, 3.63) is 28.2 Å². The predicted octanol–water partition coefficient (Wildman–Crippen LogP) is 3.23. The first-order valence-corrected chi connectivity index (χ1v) is 8.52. The molecule has 0 unspecified atom stereocenters. The first kappa shape index (κ1) is 14.0. The Morgan fingerprint density at radius 2 is 2.11 bits per heavy atom. The van der Waals surface area contributed by atoms with Crippen LogP contribution in [-0.2, 0) is 10.0 Å². The van der Waals surface area contributed by atoms with Gasteiger partial charge in [-0.05, 0) is 49.4 Å². The second-order valence-electron chi connectivity index (χ2n) is 4.89. The van der Waals surface area contributed by atoms with E-state index in [-0.39, 0.29) is 0 Å². The highest BCUT2D eigenvalue weighted by molar-refractivity contribution is 9.10. The fourth-order valence-corrected chi connectivity index (χ4v) is 3.28. The molecule has 18 heavy (non-hydrogen) atoms. The largest absolute Gasteiger partial charge is 0.240 e. The second-order valence-corrected chi connectivity index (χ2v) is 7.52. The summed E-state index contributed by atoms with van der Waals surface area (Å²) >= 11 is 3.37. The van der Waals surface area contributed by atoms with Crippen molar-refractivity contribution in [2.24, 2.45) is 5.92 Å². The maximum absolute atomic E-state index is 12.0. The van der Waals surface area contributed by atoms with Gasteiger partial charge in [-0.1, -0.05) is 28.8 Å². The highest BCUT2D eigenvalue weighted by atomic mass is 79.9. The van der Waals surface area contributed by atoms with Gasteiger partial charge in [0.25, 0.3) is 0 Å². The summed E-state index contributed by atoms with van der Waals surface area (Å²) in [4.78, 5) is 0.342. The molecule has 0 saturated heterocycles. The molecule has 0 atom stereocenters. The van der Waals surface area contributed by atoms with Crippen LogP contribution in [-0.4, -0.2) is 15.0 Å². The topological polar surface area (TPSA) is 46.2 Å². The zero-order valence-electron chi connectivity index (χ0n) is 10.4. The van der Waals surface area contributed by atoms with Gasteiger partial charge in [0.15, 0.2) is 0 Å². The highest BCUT2D eigenvalue weighted by Crippen LogP contribution is 2.33. The first-order chi connectivity index (χ1) is 8.49. The lowest BCUT2D eigenvalue weighted by Gasteiger charge is -2.08. The van der Waals surface area contributed by atoms with Crippen LogP contribution in [0, 0.1) is 12.8 Å². The van der Waals surface area contributed by atoms with Crippen LogP contribution in [0.2, 0.25) is 0 Å². The quantitative estimate of drug-likeness (QED) is 0.813. The number of nitrogens with one attached hydrogen (secondary N) is 1. The number of sulfonamides is 1. The van der Waals surface area contributed by atoms with Gasteiger partial charge in [-0.2, -0.15) is 0 Å². The van der Waals surface area contributed by atoms with Crippen molar-refractivity contribution in [2.75, 3.05) is 6.54 Å². The zero-order valence-corrected chi connectivity index (χ0v) is 12.9. The Hall–Kier alpha value is -0.390. The van der Waals surface area contributed by atoms with Gasteiger partial charge < -0.3 is 0 Å². The highest BCUT2D eigenvalue weighted by Gasteiger charge is 2.21. The number of rotatable bonds is 6. The van der Waals surface area contributed by atoms with Crippen molar-refractivity contribution in [3.63, 3.8) is 0 Å². The fraction of sp³-hybridized carbons (Fsp3) is 0.538. The second kappa shape index (κ2) is 5.72. The van der Waals surface area contributed by atoms with Crippen LogP contribution in [0.3, 0.4) is 0 Å². The van der Waals surface area contributed by atoms with E-state index in [1.807, 2.05) is 6.92 Å². The van der Waals surface area contributed by atoms with E-state index in [1.54, 1.807) is 18.2 Å². The molecule has 1 aliphatic rings. The van der Waals surface area contributed by atoms with Crippen LogP contribution >= 0.6 is 15.9 Å². The Labute approximate surface area is 117 Å². The van der Waals surface area contributed by atoms with E-state index in [1.165, 1.54) is 12.8 Å².